The standard InChI is InChI=1S/C18H13N5O2/c19-16-14-15(22-23(16)12-7-2-1-3-8-12)13(17(24)21-18(14)25)10-11-6-4-5-9-20-11/h1-10,19,25H,(H,21,24). The summed E-state index contributed by atoms with van der Waals surface area (Å²) in [6, 6.07) is 14.4. The number of aromatic amines is 1. The van der Waals surface area contributed by atoms with E-state index in [0.29, 0.717) is 11.4 Å². The predicted molar refractivity (Wildman–Crippen MR) is 93.1 cm³/mol. The van der Waals surface area contributed by atoms with Gasteiger partial charge in [-0.05, 0) is 30.3 Å². The Bertz CT molecular complexity index is 1140. The molecule has 0 fully saturated rings. The Hall–Kier alpha value is -3.74. The zero-order valence-corrected chi connectivity index (χ0v) is 13.0. The summed E-state index contributed by atoms with van der Waals surface area (Å²) in [5.41, 5.74) is 0.944. The first-order valence-electron chi connectivity index (χ1n) is 7.56. The number of H-pyrrole nitrogens is 1. The highest BCUT2D eigenvalue weighted by Crippen LogP contribution is 2.21. The van der Waals surface area contributed by atoms with Gasteiger partial charge >= 0.3 is 0 Å². The number of rotatable bonds is 2. The molecule has 25 heavy (non-hydrogen) atoms. The number of aromatic nitrogens is 2. The van der Waals surface area contributed by atoms with E-state index in [0.717, 1.165) is 0 Å². The van der Waals surface area contributed by atoms with Gasteiger partial charge in [0.1, 0.15) is 10.9 Å². The lowest BCUT2D eigenvalue weighted by Crippen LogP contribution is -2.42. The normalized spacial score (nSPS) is 13.7. The molecule has 7 nitrogen and oxygen atoms in total. The highest BCUT2D eigenvalue weighted by molar-refractivity contribution is 6.10. The van der Waals surface area contributed by atoms with Gasteiger partial charge in [0.2, 0.25) is 5.88 Å². The number of hydrogen-bond donors (Lipinski definition) is 3. The highest BCUT2D eigenvalue weighted by atomic mass is 16.3. The number of pyridine rings is 2. The van der Waals surface area contributed by atoms with E-state index in [2.05, 4.69) is 15.1 Å². The summed E-state index contributed by atoms with van der Waals surface area (Å²) in [5, 5.41) is 24.7. The first kappa shape index (κ1) is 14.8. The van der Waals surface area contributed by atoms with Crippen LogP contribution in [0.2, 0.25) is 0 Å². The molecule has 1 aliphatic heterocycles. The third-order valence-corrected chi connectivity index (χ3v) is 3.83. The Morgan fingerprint density at radius 3 is 2.60 bits per heavy atom. The van der Waals surface area contributed by atoms with Gasteiger partial charge in [-0.15, -0.1) is 0 Å². The molecule has 3 heterocycles. The van der Waals surface area contributed by atoms with Crippen molar-refractivity contribution in [2.24, 2.45) is 5.10 Å². The van der Waals surface area contributed by atoms with Crippen molar-refractivity contribution in [3.63, 3.8) is 0 Å². The molecular formula is C18H13N5O2. The SMILES string of the molecule is N=C1c2c(O)[nH]c(=O)c(=Cc3ccccn3)c2=NN1c1ccccc1. The first-order chi connectivity index (χ1) is 12.1. The summed E-state index contributed by atoms with van der Waals surface area (Å²) < 4.78 is 0. The molecule has 122 valence electrons. The predicted octanol–water partition coefficient (Wildman–Crippen LogP) is 0.684. The van der Waals surface area contributed by atoms with E-state index in [1.54, 1.807) is 36.5 Å². The first-order valence-corrected chi connectivity index (χ1v) is 7.56. The van der Waals surface area contributed by atoms with Crippen molar-refractivity contribution in [1.29, 1.82) is 5.41 Å². The van der Waals surface area contributed by atoms with E-state index in [1.807, 2.05) is 24.3 Å². The third kappa shape index (κ3) is 2.47. The Labute approximate surface area is 141 Å². The maximum Gasteiger partial charge on any atom is 0.260 e. The van der Waals surface area contributed by atoms with E-state index in [4.69, 9.17) is 5.41 Å². The number of nitrogens with one attached hydrogen (secondary N) is 2. The van der Waals surface area contributed by atoms with E-state index in [1.165, 1.54) is 5.01 Å². The zero-order valence-electron chi connectivity index (χ0n) is 13.0. The quantitative estimate of drug-likeness (QED) is 0.642. The van der Waals surface area contributed by atoms with Crippen LogP contribution in [0.25, 0.3) is 6.08 Å². The number of aromatic hydroxyl groups is 1. The number of nitrogens with zero attached hydrogens (tertiary/aromatic N) is 3. The molecule has 0 radical (unpaired) electrons. The number of anilines is 1. The number of para-hydroxylation sites is 1. The van der Waals surface area contributed by atoms with Crippen LogP contribution in [0.3, 0.4) is 0 Å². The fourth-order valence-corrected chi connectivity index (χ4v) is 2.67. The van der Waals surface area contributed by atoms with Gasteiger partial charge in [0.05, 0.1) is 16.6 Å². The van der Waals surface area contributed by atoms with Gasteiger partial charge in [0.25, 0.3) is 5.56 Å². The minimum absolute atomic E-state index is 0.00868. The van der Waals surface area contributed by atoms with Crippen molar-refractivity contribution in [3.8, 4) is 5.88 Å². The Balaban J connectivity index is 2.00. The number of benzene rings is 1. The molecule has 0 unspecified atom stereocenters. The van der Waals surface area contributed by atoms with Crippen molar-refractivity contribution < 1.29 is 5.11 Å². The fourth-order valence-electron chi connectivity index (χ4n) is 2.67. The van der Waals surface area contributed by atoms with Crippen LogP contribution >= 0.6 is 0 Å². The lowest BCUT2D eigenvalue weighted by atomic mass is 10.2. The molecule has 0 atom stereocenters. The molecule has 3 N–H and O–H groups in total. The molecule has 0 aliphatic carbocycles. The van der Waals surface area contributed by atoms with Crippen molar-refractivity contribution in [2.75, 3.05) is 5.01 Å². The Kier molecular flexibility index (Phi) is 3.39. The van der Waals surface area contributed by atoms with Crippen molar-refractivity contribution in [2.45, 2.75) is 0 Å². The average Bonchev–Trinajstić information content (AvgIpc) is 2.98. The smallest absolute Gasteiger partial charge is 0.260 e. The molecule has 0 saturated carbocycles. The third-order valence-electron chi connectivity index (χ3n) is 3.83. The topological polar surface area (TPSA) is 105 Å². The molecule has 2 aromatic heterocycles. The summed E-state index contributed by atoms with van der Waals surface area (Å²) >= 11 is 0. The molecule has 1 aromatic carbocycles. The summed E-state index contributed by atoms with van der Waals surface area (Å²) in [6.07, 6.45) is 3.21. The van der Waals surface area contributed by atoms with Crippen molar-refractivity contribution in [1.82, 2.24) is 9.97 Å². The second-order valence-electron chi connectivity index (χ2n) is 5.43. The number of amidine groups is 1. The van der Waals surface area contributed by atoms with Crippen LogP contribution in [0.4, 0.5) is 5.69 Å². The van der Waals surface area contributed by atoms with Gasteiger partial charge in [0.15, 0.2) is 5.84 Å². The lowest BCUT2D eigenvalue weighted by molar-refractivity contribution is 0.449. The highest BCUT2D eigenvalue weighted by Gasteiger charge is 2.26. The number of hydrogen-bond acceptors (Lipinski definition) is 5. The molecule has 4 rings (SSSR count). The molecule has 7 heteroatoms. The molecule has 3 aromatic rings. The maximum absolute atomic E-state index is 12.3. The Morgan fingerprint density at radius 1 is 1.12 bits per heavy atom. The van der Waals surface area contributed by atoms with Crippen LogP contribution in [0.1, 0.15) is 11.3 Å². The maximum atomic E-state index is 12.3. The minimum atomic E-state index is -0.492. The minimum Gasteiger partial charge on any atom is -0.494 e. The van der Waals surface area contributed by atoms with Crippen LogP contribution in [0.15, 0.2) is 64.6 Å². The summed E-state index contributed by atoms with van der Waals surface area (Å²) in [5.74, 6) is -0.379. The van der Waals surface area contributed by atoms with E-state index < -0.39 is 5.56 Å². The van der Waals surface area contributed by atoms with Gasteiger partial charge < -0.3 is 5.11 Å². The van der Waals surface area contributed by atoms with Crippen LogP contribution in [-0.2, 0) is 0 Å². The van der Waals surface area contributed by atoms with Crippen LogP contribution in [-0.4, -0.2) is 20.9 Å². The second kappa shape index (κ2) is 5.72. The summed E-state index contributed by atoms with van der Waals surface area (Å²) in [6.45, 7) is 0. The largest absolute Gasteiger partial charge is 0.494 e. The second-order valence-corrected chi connectivity index (χ2v) is 5.43. The van der Waals surface area contributed by atoms with Gasteiger partial charge in [0, 0.05) is 6.20 Å². The van der Waals surface area contributed by atoms with Crippen LogP contribution < -0.4 is 21.1 Å². The van der Waals surface area contributed by atoms with Crippen LogP contribution in [0, 0.1) is 5.41 Å². The molecule has 0 bridgehead atoms. The fraction of sp³-hybridized carbons (Fsp3) is 0. The van der Waals surface area contributed by atoms with Crippen LogP contribution in [0.5, 0.6) is 5.88 Å². The molecule has 1 aliphatic rings. The molecule has 0 amide bonds. The summed E-state index contributed by atoms with van der Waals surface area (Å²) in [4.78, 5) is 18.9. The van der Waals surface area contributed by atoms with Crippen molar-refractivity contribution >= 4 is 17.6 Å². The zero-order chi connectivity index (χ0) is 17.4. The average molecular weight is 331 g/mol. The van der Waals surface area contributed by atoms with Gasteiger partial charge in [-0.3, -0.25) is 20.2 Å². The molecule has 0 saturated heterocycles. The Morgan fingerprint density at radius 2 is 1.88 bits per heavy atom. The van der Waals surface area contributed by atoms with Gasteiger partial charge in [-0.25, -0.2) is 5.01 Å². The monoisotopic (exact) mass is 331 g/mol. The lowest BCUT2D eigenvalue weighted by Gasteiger charge is -2.13. The molecular weight excluding hydrogens is 318 g/mol. The van der Waals surface area contributed by atoms with Gasteiger partial charge in [-0.2, -0.15) is 5.10 Å². The van der Waals surface area contributed by atoms with E-state index >= 15 is 0 Å². The summed E-state index contributed by atoms with van der Waals surface area (Å²) in [7, 11) is 0. The van der Waals surface area contributed by atoms with E-state index in [-0.39, 0.29) is 27.9 Å². The number of fused-ring (bicyclic) bond motifs is 1. The molecule has 0 spiro atoms. The van der Waals surface area contributed by atoms with Crippen molar-refractivity contribution in [3.05, 3.63) is 86.9 Å². The van der Waals surface area contributed by atoms with Gasteiger partial charge in [-0.1, -0.05) is 24.3 Å². The van der Waals surface area contributed by atoms with E-state index in [9.17, 15) is 9.90 Å².